The quantitative estimate of drug-likeness (QED) is 0.898. The molecule has 0 saturated heterocycles. The molecule has 1 saturated carbocycles. The fraction of sp³-hybridized carbons (Fsp3) is 0.571. The number of hydrogen-bond donors (Lipinski definition) is 1. The van der Waals surface area contributed by atoms with Crippen molar-refractivity contribution in [1.29, 1.82) is 0 Å². The van der Waals surface area contributed by atoms with Crippen LogP contribution >= 0.6 is 12.4 Å². The number of alkyl halides is 2. The van der Waals surface area contributed by atoms with Crippen molar-refractivity contribution in [3.05, 3.63) is 23.8 Å². The highest BCUT2D eigenvalue weighted by molar-refractivity contribution is 5.85. The highest BCUT2D eigenvalue weighted by Crippen LogP contribution is 2.47. The second-order valence-electron chi connectivity index (χ2n) is 5.27. The summed E-state index contributed by atoms with van der Waals surface area (Å²) >= 11 is 0. The van der Waals surface area contributed by atoms with E-state index in [1.807, 2.05) is 0 Å². The van der Waals surface area contributed by atoms with Crippen LogP contribution in [0.25, 0.3) is 0 Å². The Hall–Kier alpha value is -1.07. The molecule has 0 radical (unpaired) electrons. The Morgan fingerprint density at radius 1 is 1.15 bits per heavy atom. The average molecular weight is 306 g/mol. The maximum atomic E-state index is 13.1. The van der Waals surface area contributed by atoms with Crippen LogP contribution < -0.4 is 15.2 Å². The van der Waals surface area contributed by atoms with Gasteiger partial charge in [0, 0.05) is 11.6 Å². The third-order valence-corrected chi connectivity index (χ3v) is 3.98. The van der Waals surface area contributed by atoms with E-state index in [1.165, 1.54) is 12.5 Å². The molecule has 1 aliphatic heterocycles. The average Bonchev–Trinajstić information content (AvgIpc) is 2.72. The number of nitrogens with two attached hydrogens (primary N) is 1. The molecule has 20 heavy (non-hydrogen) atoms. The molecule has 1 aromatic carbocycles. The first-order valence-electron chi connectivity index (χ1n) is 6.71. The molecule has 0 amide bonds. The summed E-state index contributed by atoms with van der Waals surface area (Å²) in [6.45, 7) is 0. The largest absolute Gasteiger partial charge is 0.586 e. The SMILES string of the molecule is Cl.N[C@@H](c1cccc2c1OC(F)(F)O2)C1CCCCC1. The van der Waals surface area contributed by atoms with Crippen LogP contribution in [0.3, 0.4) is 0 Å². The van der Waals surface area contributed by atoms with E-state index in [4.69, 9.17) is 5.73 Å². The number of ether oxygens (including phenoxy) is 2. The first kappa shape index (κ1) is 15.3. The lowest BCUT2D eigenvalue weighted by atomic mass is 9.81. The minimum atomic E-state index is -3.58. The summed E-state index contributed by atoms with van der Waals surface area (Å²) in [7, 11) is 0. The summed E-state index contributed by atoms with van der Waals surface area (Å²) in [5.41, 5.74) is 6.88. The topological polar surface area (TPSA) is 44.5 Å². The van der Waals surface area contributed by atoms with Crippen molar-refractivity contribution in [3.8, 4) is 11.5 Å². The minimum absolute atomic E-state index is 0. The first-order chi connectivity index (χ1) is 9.07. The van der Waals surface area contributed by atoms with E-state index >= 15 is 0 Å². The van der Waals surface area contributed by atoms with Crippen molar-refractivity contribution in [2.24, 2.45) is 11.7 Å². The second-order valence-corrected chi connectivity index (χ2v) is 5.27. The molecule has 1 aliphatic carbocycles. The molecule has 3 rings (SSSR count). The number of fused-ring (bicyclic) bond motifs is 1. The van der Waals surface area contributed by atoms with E-state index in [9.17, 15) is 8.78 Å². The number of halogens is 3. The molecule has 0 aromatic heterocycles. The van der Waals surface area contributed by atoms with Gasteiger partial charge in [-0.3, -0.25) is 0 Å². The predicted molar refractivity (Wildman–Crippen MR) is 73.4 cm³/mol. The molecule has 0 bridgehead atoms. The third kappa shape index (κ3) is 2.83. The smallest absolute Gasteiger partial charge is 0.395 e. The Bertz CT molecular complexity index is 478. The van der Waals surface area contributed by atoms with Crippen LogP contribution in [0.5, 0.6) is 11.5 Å². The normalized spacial score (nSPS) is 22.1. The predicted octanol–water partition coefficient (Wildman–Crippen LogP) is 4.01. The zero-order chi connectivity index (χ0) is 13.5. The lowest BCUT2D eigenvalue weighted by Crippen LogP contribution is -2.27. The van der Waals surface area contributed by atoms with Gasteiger partial charge in [-0.15, -0.1) is 21.2 Å². The summed E-state index contributed by atoms with van der Waals surface area (Å²) in [5.74, 6) is 0.511. The van der Waals surface area contributed by atoms with Crippen LogP contribution in [0.2, 0.25) is 0 Å². The highest BCUT2D eigenvalue weighted by Gasteiger charge is 2.45. The Balaban J connectivity index is 0.00000147. The van der Waals surface area contributed by atoms with Gasteiger partial charge >= 0.3 is 6.29 Å². The molecule has 6 heteroatoms. The molecule has 2 N–H and O–H groups in total. The molecule has 1 fully saturated rings. The Labute approximate surface area is 122 Å². The van der Waals surface area contributed by atoms with Gasteiger partial charge in [-0.05, 0) is 24.8 Å². The number of benzene rings is 1. The molecule has 0 unspecified atom stereocenters. The van der Waals surface area contributed by atoms with Crippen molar-refractivity contribution in [3.63, 3.8) is 0 Å². The minimum Gasteiger partial charge on any atom is -0.395 e. The van der Waals surface area contributed by atoms with Gasteiger partial charge < -0.3 is 15.2 Å². The highest BCUT2D eigenvalue weighted by atomic mass is 35.5. The lowest BCUT2D eigenvalue weighted by Gasteiger charge is -2.28. The number of para-hydroxylation sites is 1. The summed E-state index contributed by atoms with van der Waals surface area (Å²) in [5, 5.41) is 0. The Morgan fingerprint density at radius 2 is 1.85 bits per heavy atom. The van der Waals surface area contributed by atoms with Crippen LogP contribution in [0, 0.1) is 5.92 Å². The first-order valence-corrected chi connectivity index (χ1v) is 6.71. The molecular weight excluding hydrogens is 288 g/mol. The molecule has 1 atom stereocenters. The molecule has 3 nitrogen and oxygen atoms in total. The van der Waals surface area contributed by atoms with Gasteiger partial charge in [-0.25, -0.2) is 0 Å². The molecule has 0 spiro atoms. The standard InChI is InChI=1S/C14H17F2NO2.ClH/c15-14(16)18-11-8-4-7-10(13(11)19-14)12(17)9-5-2-1-3-6-9;/h4,7-9,12H,1-3,5-6,17H2;1H/t12-;/m1./s1. The maximum Gasteiger partial charge on any atom is 0.586 e. The number of hydrogen-bond acceptors (Lipinski definition) is 3. The van der Waals surface area contributed by atoms with Crippen LogP contribution in [0.1, 0.15) is 43.7 Å². The molecule has 112 valence electrons. The van der Waals surface area contributed by atoms with Gasteiger partial charge in [0.1, 0.15) is 0 Å². The monoisotopic (exact) mass is 305 g/mol. The summed E-state index contributed by atoms with van der Waals surface area (Å²) in [6.07, 6.45) is 2.05. The zero-order valence-corrected chi connectivity index (χ0v) is 11.8. The second kappa shape index (κ2) is 5.74. The van der Waals surface area contributed by atoms with Crippen LogP contribution in [-0.4, -0.2) is 6.29 Å². The van der Waals surface area contributed by atoms with Gasteiger partial charge in [0.2, 0.25) is 0 Å². The summed E-state index contributed by atoms with van der Waals surface area (Å²) in [6, 6.07) is 4.64. The fourth-order valence-electron chi connectivity index (χ4n) is 3.00. The lowest BCUT2D eigenvalue weighted by molar-refractivity contribution is -0.287. The van der Waals surface area contributed by atoms with E-state index in [-0.39, 0.29) is 29.9 Å². The maximum absolute atomic E-state index is 13.1. The number of rotatable bonds is 2. The van der Waals surface area contributed by atoms with Crippen molar-refractivity contribution in [2.45, 2.75) is 44.4 Å². The van der Waals surface area contributed by atoms with E-state index in [1.54, 1.807) is 12.1 Å². The fourth-order valence-corrected chi connectivity index (χ4v) is 3.00. The van der Waals surface area contributed by atoms with E-state index in [2.05, 4.69) is 9.47 Å². The Kier molecular flexibility index (Phi) is 4.39. The molecule has 1 heterocycles. The van der Waals surface area contributed by atoms with Gasteiger partial charge in [-0.1, -0.05) is 31.4 Å². The molecular formula is C14H18ClF2NO2. The van der Waals surface area contributed by atoms with Crippen molar-refractivity contribution >= 4 is 12.4 Å². The molecule has 1 aromatic rings. The van der Waals surface area contributed by atoms with E-state index < -0.39 is 6.29 Å². The Morgan fingerprint density at radius 3 is 2.55 bits per heavy atom. The van der Waals surface area contributed by atoms with Crippen LogP contribution in [0.4, 0.5) is 8.78 Å². The zero-order valence-electron chi connectivity index (χ0n) is 11.0. The van der Waals surface area contributed by atoms with Gasteiger partial charge in [0.25, 0.3) is 0 Å². The van der Waals surface area contributed by atoms with Crippen molar-refractivity contribution < 1.29 is 18.3 Å². The third-order valence-electron chi connectivity index (χ3n) is 3.98. The van der Waals surface area contributed by atoms with Crippen LogP contribution in [0.15, 0.2) is 18.2 Å². The molecule has 2 aliphatic rings. The van der Waals surface area contributed by atoms with E-state index in [0.717, 1.165) is 25.7 Å². The summed E-state index contributed by atoms with van der Waals surface area (Å²) in [4.78, 5) is 0. The van der Waals surface area contributed by atoms with Gasteiger partial charge in [0.05, 0.1) is 0 Å². The van der Waals surface area contributed by atoms with E-state index in [0.29, 0.717) is 11.5 Å². The van der Waals surface area contributed by atoms with Crippen LogP contribution in [-0.2, 0) is 0 Å². The van der Waals surface area contributed by atoms with Gasteiger partial charge in [-0.2, -0.15) is 0 Å². The van der Waals surface area contributed by atoms with Crippen molar-refractivity contribution in [2.75, 3.05) is 0 Å². The summed E-state index contributed by atoms with van der Waals surface area (Å²) < 4.78 is 35.3. The van der Waals surface area contributed by atoms with Gasteiger partial charge in [0.15, 0.2) is 11.5 Å². The van der Waals surface area contributed by atoms with Crippen molar-refractivity contribution in [1.82, 2.24) is 0 Å².